The van der Waals surface area contributed by atoms with Gasteiger partial charge in [-0.15, -0.1) is 0 Å². The van der Waals surface area contributed by atoms with Gasteiger partial charge in [0.2, 0.25) is 0 Å². The minimum atomic E-state index is -0.890. The number of benzene rings is 3. The molecule has 0 unspecified atom stereocenters. The number of hydrogen-bond acceptors (Lipinski definition) is 6. The van der Waals surface area contributed by atoms with E-state index >= 15 is 0 Å². The average Bonchev–Trinajstić information content (AvgIpc) is 3.70. The molecule has 40 heavy (non-hydrogen) atoms. The minimum Gasteiger partial charge on any atom is -0.489 e. The summed E-state index contributed by atoms with van der Waals surface area (Å²) in [7, 11) is 1.37. The van der Waals surface area contributed by atoms with Crippen molar-refractivity contribution in [1.82, 2.24) is 4.37 Å². The van der Waals surface area contributed by atoms with E-state index in [0.29, 0.717) is 41.0 Å². The molecule has 8 heteroatoms. The Morgan fingerprint density at radius 2 is 1.75 bits per heavy atom. The normalized spacial score (nSPS) is 20.2. The first-order chi connectivity index (χ1) is 19.3. The second-order valence-corrected chi connectivity index (χ2v) is 12.4. The topological polar surface area (TPSA) is 68.7 Å². The molecule has 4 aromatic rings. The predicted octanol–water partition coefficient (Wildman–Crippen LogP) is 8.43. The van der Waals surface area contributed by atoms with E-state index in [1.165, 1.54) is 23.5 Å². The van der Waals surface area contributed by atoms with E-state index in [4.69, 9.17) is 37.0 Å². The van der Waals surface area contributed by atoms with Crippen LogP contribution in [0.15, 0.2) is 60.7 Å². The molecule has 2 aliphatic rings. The summed E-state index contributed by atoms with van der Waals surface area (Å²) in [6.07, 6.45) is 3.57. The maximum Gasteiger partial charge on any atom is 0.337 e. The van der Waals surface area contributed by atoms with Crippen LogP contribution < -0.4 is 4.74 Å². The van der Waals surface area contributed by atoms with E-state index < -0.39 is 5.60 Å². The molecule has 2 aliphatic carbocycles. The number of aromatic nitrogens is 1. The Morgan fingerprint density at radius 3 is 2.38 bits per heavy atom. The number of esters is 1. The van der Waals surface area contributed by atoms with Gasteiger partial charge in [-0.3, -0.25) is 0 Å². The zero-order valence-corrected chi connectivity index (χ0v) is 24.6. The van der Waals surface area contributed by atoms with Crippen molar-refractivity contribution >= 4 is 40.7 Å². The molecule has 1 heterocycles. The SMILES string of the molecule is COC(=O)c1ccc(C2CC(O)(c3ccc(OCc4c(-c5c(Cl)cccc5Cl)nsc4C4CC4)cc3C)C2)cc1. The molecule has 2 saturated carbocycles. The molecular formula is C32H29Cl2NO4S. The van der Waals surface area contributed by atoms with Crippen LogP contribution in [0.1, 0.15) is 75.0 Å². The van der Waals surface area contributed by atoms with E-state index in [-0.39, 0.29) is 11.9 Å². The first-order valence-corrected chi connectivity index (χ1v) is 14.9. The third-order valence-electron chi connectivity index (χ3n) is 8.02. The molecule has 0 amide bonds. The zero-order valence-electron chi connectivity index (χ0n) is 22.2. The molecule has 0 aliphatic heterocycles. The summed E-state index contributed by atoms with van der Waals surface area (Å²) in [5, 5.41) is 12.6. The highest BCUT2D eigenvalue weighted by Gasteiger charge is 2.45. The number of carbonyl (C=O) groups excluding carboxylic acids is 1. The van der Waals surface area contributed by atoms with Gasteiger partial charge in [0.25, 0.3) is 0 Å². The lowest BCUT2D eigenvalue weighted by Gasteiger charge is -2.45. The lowest BCUT2D eigenvalue weighted by molar-refractivity contribution is -0.0555. The van der Waals surface area contributed by atoms with Gasteiger partial charge < -0.3 is 14.6 Å². The van der Waals surface area contributed by atoms with Crippen LogP contribution in [0, 0.1) is 6.92 Å². The largest absolute Gasteiger partial charge is 0.489 e. The Hall–Kier alpha value is -2.90. The van der Waals surface area contributed by atoms with Gasteiger partial charge >= 0.3 is 5.97 Å². The van der Waals surface area contributed by atoms with E-state index in [0.717, 1.165) is 52.1 Å². The van der Waals surface area contributed by atoms with Crippen LogP contribution in [-0.2, 0) is 16.9 Å². The second-order valence-electron chi connectivity index (χ2n) is 10.8. The number of aryl methyl sites for hydroxylation is 1. The first-order valence-electron chi connectivity index (χ1n) is 13.3. The van der Waals surface area contributed by atoms with Gasteiger partial charge in [-0.25, -0.2) is 4.79 Å². The lowest BCUT2D eigenvalue weighted by atomic mass is 9.64. The van der Waals surface area contributed by atoms with Crippen LogP contribution in [0.25, 0.3) is 11.3 Å². The van der Waals surface area contributed by atoms with Crippen LogP contribution in [0.4, 0.5) is 0 Å². The minimum absolute atomic E-state index is 0.231. The number of methoxy groups -OCH3 is 1. The van der Waals surface area contributed by atoms with Crippen molar-refractivity contribution in [3.8, 4) is 17.0 Å². The quantitative estimate of drug-likeness (QED) is 0.208. The fourth-order valence-corrected chi connectivity index (χ4v) is 7.29. The van der Waals surface area contributed by atoms with Crippen LogP contribution in [0.2, 0.25) is 10.0 Å². The maximum atomic E-state index is 11.7. The number of aliphatic hydroxyl groups is 1. The Labute approximate surface area is 247 Å². The summed E-state index contributed by atoms with van der Waals surface area (Å²) in [4.78, 5) is 13.0. The van der Waals surface area contributed by atoms with E-state index in [2.05, 4.69) is 0 Å². The van der Waals surface area contributed by atoms with Crippen LogP contribution in [0.5, 0.6) is 5.75 Å². The first kappa shape index (κ1) is 27.3. The number of nitrogens with zero attached hydrogens (tertiary/aromatic N) is 1. The van der Waals surface area contributed by atoms with Crippen molar-refractivity contribution in [2.24, 2.45) is 0 Å². The molecule has 1 aromatic heterocycles. The second kappa shape index (κ2) is 10.8. The average molecular weight is 595 g/mol. The highest BCUT2D eigenvalue weighted by Crippen LogP contribution is 2.52. The number of ether oxygens (including phenoxy) is 2. The lowest BCUT2D eigenvalue weighted by Crippen LogP contribution is -2.40. The Kier molecular flexibility index (Phi) is 7.38. The molecule has 5 nitrogen and oxygen atoms in total. The third kappa shape index (κ3) is 5.14. The molecule has 0 atom stereocenters. The third-order valence-corrected chi connectivity index (χ3v) is 9.70. The van der Waals surface area contributed by atoms with E-state index in [1.807, 2.05) is 55.5 Å². The standard InChI is InChI=1S/C32H29Cl2NO4S/c1-18-14-23(12-13-25(18)32(37)15-22(16-32)19-6-10-21(11-7-19)31(36)38-2)39-17-24-29(35-40-30(24)20-8-9-20)28-26(33)4-3-5-27(28)34/h3-7,10-14,20,22,37H,8-9,15-17H2,1-2H3. The smallest absolute Gasteiger partial charge is 0.337 e. The zero-order chi connectivity index (χ0) is 28.0. The highest BCUT2D eigenvalue weighted by atomic mass is 35.5. The van der Waals surface area contributed by atoms with Gasteiger partial charge in [-0.05, 0) is 109 Å². The van der Waals surface area contributed by atoms with E-state index in [1.54, 1.807) is 12.1 Å². The van der Waals surface area contributed by atoms with Crippen molar-refractivity contribution < 1.29 is 19.4 Å². The molecule has 0 spiro atoms. The molecule has 0 bridgehead atoms. The van der Waals surface area contributed by atoms with Crippen LogP contribution in [0.3, 0.4) is 0 Å². The molecular weight excluding hydrogens is 565 g/mol. The predicted molar refractivity (Wildman–Crippen MR) is 159 cm³/mol. The summed E-state index contributed by atoms with van der Waals surface area (Å²) < 4.78 is 15.8. The highest BCUT2D eigenvalue weighted by molar-refractivity contribution is 7.06. The van der Waals surface area contributed by atoms with Crippen molar-refractivity contribution in [2.45, 2.75) is 56.7 Å². The van der Waals surface area contributed by atoms with Gasteiger partial charge in [-0.2, -0.15) is 4.37 Å². The summed E-state index contributed by atoms with van der Waals surface area (Å²) in [6.45, 7) is 2.38. The van der Waals surface area contributed by atoms with Gasteiger partial charge in [0, 0.05) is 16.0 Å². The summed E-state index contributed by atoms with van der Waals surface area (Å²) in [5.74, 6) is 1.14. The van der Waals surface area contributed by atoms with Crippen molar-refractivity contribution in [1.29, 1.82) is 0 Å². The number of halogens is 2. The van der Waals surface area contributed by atoms with Gasteiger partial charge in [-0.1, -0.05) is 47.5 Å². The molecule has 0 radical (unpaired) electrons. The monoisotopic (exact) mass is 593 g/mol. The van der Waals surface area contributed by atoms with Crippen LogP contribution >= 0.6 is 34.7 Å². The van der Waals surface area contributed by atoms with Crippen molar-refractivity contribution in [2.75, 3.05) is 7.11 Å². The number of rotatable bonds is 8. The van der Waals surface area contributed by atoms with Crippen LogP contribution in [-0.4, -0.2) is 22.6 Å². The Bertz CT molecular complexity index is 1550. The maximum absolute atomic E-state index is 11.7. The number of hydrogen-bond donors (Lipinski definition) is 1. The molecule has 2 fully saturated rings. The number of carbonyl (C=O) groups is 1. The summed E-state index contributed by atoms with van der Waals surface area (Å²) in [5.41, 5.74) is 5.24. The summed E-state index contributed by atoms with van der Waals surface area (Å²) >= 11 is 14.6. The molecule has 3 aromatic carbocycles. The van der Waals surface area contributed by atoms with Gasteiger partial charge in [0.05, 0.1) is 34.0 Å². The molecule has 1 N–H and O–H groups in total. The fourth-order valence-electron chi connectivity index (χ4n) is 5.67. The molecule has 0 saturated heterocycles. The van der Waals surface area contributed by atoms with Crippen molar-refractivity contribution in [3.63, 3.8) is 0 Å². The Morgan fingerprint density at radius 1 is 1.05 bits per heavy atom. The van der Waals surface area contributed by atoms with Gasteiger partial charge in [0.1, 0.15) is 12.4 Å². The van der Waals surface area contributed by atoms with Gasteiger partial charge in [0.15, 0.2) is 0 Å². The van der Waals surface area contributed by atoms with E-state index in [9.17, 15) is 9.90 Å². The summed E-state index contributed by atoms with van der Waals surface area (Å²) in [6, 6.07) is 18.8. The Balaban J connectivity index is 1.17. The fraction of sp³-hybridized carbons (Fsp3) is 0.312. The molecule has 206 valence electrons. The molecule has 6 rings (SSSR count). The van der Waals surface area contributed by atoms with Crippen molar-refractivity contribution in [3.05, 3.63) is 103 Å².